The maximum atomic E-state index is 11.5. The molecule has 3 nitrogen and oxygen atoms in total. The molecule has 0 aliphatic heterocycles. The lowest BCUT2D eigenvalue weighted by molar-refractivity contribution is -0.118. The van der Waals surface area contributed by atoms with E-state index in [2.05, 4.69) is 5.32 Å². The predicted octanol–water partition coefficient (Wildman–Crippen LogP) is 0.314. The van der Waals surface area contributed by atoms with Crippen molar-refractivity contribution in [2.45, 2.75) is 5.51 Å². The summed E-state index contributed by atoms with van der Waals surface area (Å²) >= 11 is -0.361. The Bertz CT molecular complexity index is 150. The van der Waals surface area contributed by atoms with Crippen LogP contribution in [0.1, 0.15) is 0 Å². The molecule has 3 N–H and O–H groups in total. The zero-order chi connectivity index (χ0) is 9.61. The number of rotatable bonds is 4. The van der Waals surface area contributed by atoms with E-state index in [0.717, 1.165) is 0 Å². The molecule has 1 amide bonds. The first-order chi connectivity index (χ1) is 5.45. The van der Waals surface area contributed by atoms with E-state index in [9.17, 15) is 18.0 Å². The van der Waals surface area contributed by atoms with Gasteiger partial charge in [0.05, 0.1) is 5.75 Å². The van der Waals surface area contributed by atoms with Gasteiger partial charge in [-0.25, -0.2) is 0 Å². The average molecular weight is 202 g/mol. The molecule has 0 saturated carbocycles. The molecule has 0 fully saturated rings. The highest BCUT2D eigenvalue weighted by molar-refractivity contribution is 8.00. The molecule has 0 aromatic heterocycles. The Balaban J connectivity index is 3.44. The van der Waals surface area contributed by atoms with Gasteiger partial charge in [-0.15, -0.1) is 0 Å². The predicted molar refractivity (Wildman–Crippen MR) is 40.6 cm³/mol. The van der Waals surface area contributed by atoms with Gasteiger partial charge in [-0.1, -0.05) is 0 Å². The summed E-state index contributed by atoms with van der Waals surface area (Å²) in [5.41, 5.74) is 0.668. The van der Waals surface area contributed by atoms with Crippen LogP contribution in [0.15, 0.2) is 0 Å². The van der Waals surface area contributed by atoms with Crippen LogP contribution in [0, 0.1) is 0 Å². The minimum Gasteiger partial charge on any atom is -0.354 e. The van der Waals surface area contributed by atoms with Crippen molar-refractivity contribution in [3.05, 3.63) is 0 Å². The van der Waals surface area contributed by atoms with Crippen molar-refractivity contribution in [2.75, 3.05) is 18.8 Å². The van der Waals surface area contributed by atoms with Gasteiger partial charge in [0.1, 0.15) is 0 Å². The molecule has 0 radical (unpaired) electrons. The van der Waals surface area contributed by atoms with Gasteiger partial charge >= 0.3 is 5.51 Å². The number of nitrogens with one attached hydrogen (secondary N) is 1. The van der Waals surface area contributed by atoms with Crippen molar-refractivity contribution >= 4 is 17.7 Å². The third kappa shape index (κ3) is 7.67. The van der Waals surface area contributed by atoms with Crippen LogP contribution in [0.3, 0.4) is 0 Å². The highest BCUT2D eigenvalue weighted by Gasteiger charge is 2.28. The van der Waals surface area contributed by atoms with E-state index in [1.165, 1.54) is 0 Å². The lowest BCUT2D eigenvalue weighted by Crippen LogP contribution is -2.31. The Labute approximate surface area is 71.9 Å². The number of hydrogen-bond acceptors (Lipinski definition) is 3. The molecule has 0 saturated heterocycles. The van der Waals surface area contributed by atoms with E-state index in [-0.39, 0.29) is 24.9 Å². The van der Waals surface area contributed by atoms with Gasteiger partial charge in [-0.05, 0) is 11.8 Å². The number of carbonyl (C=O) groups excluding carboxylic acids is 1. The number of carbonyl (C=O) groups is 1. The van der Waals surface area contributed by atoms with Crippen molar-refractivity contribution in [3.63, 3.8) is 0 Å². The van der Waals surface area contributed by atoms with Crippen LogP contribution in [0.4, 0.5) is 13.2 Å². The molecule has 0 aliphatic rings. The van der Waals surface area contributed by atoms with Crippen LogP contribution in [-0.2, 0) is 4.79 Å². The SMILES string of the molecule is NCCNC(=O)CSC(F)(F)F. The fraction of sp³-hybridized carbons (Fsp3) is 0.800. The van der Waals surface area contributed by atoms with Gasteiger partial charge in [0.15, 0.2) is 0 Å². The van der Waals surface area contributed by atoms with Gasteiger partial charge in [0.2, 0.25) is 5.91 Å². The summed E-state index contributed by atoms with van der Waals surface area (Å²) in [5, 5.41) is 2.22. The molecule has 72 valence electrons. The monoisotopic (exact) mass is 202 g/mol. The number of halogens is 3. The largest absolute Gasteiger partial charge is 0.442 e. The summed E-state index contributed by atoms with van der Waals surface area (Å²) in [6, 6.07) is 0. The second kappa shape index (κ2) is 5.26. The summed E-state index contributed by atoms with van der Waals surface area (Å²) in [4.78, 5) is 10.6. The third-order valence-corrected chi connectivity index (χ3v) is 1.57. The van der Waals surface area contributed by atoms with Crippen molar-refractivity contribution in [2.24, 2.45) is 5.73 Å². The third-order valence-electron chi connectivity index (χ3n) is 0.833. The number of alkyl halides is 3. The first kappa shape index (κ1) is 11.6. The minimum atomic E-state index is -4.35. The zero-order valence-corrected chi connectivity index (χ0v) is 6.97. The highest BCUT2D eigenvalue weighted by atomic mass is 32.2. The molecule has 12 heavy (non-hydrogen) atoms. The van der Waals surface area contributed by atoms with Gasteiger partial charge in [-0.2, -0.15) is 13.2 Å². The summed E-state index contributed by atoms with van der Waals surface area (Å²) in [6.07, 6.45) is 0. The van der Waals surface area contributed by atoms with Crippen molar-refractivity contribution in [3.8, 4) is 0 Å². The number of amides is 1. The second-order valence-corrected chi connectivity index (χ2v) is 2.91. The first-order valence-electron chi connectivity index (χ1n) is 3.13. The fourth-order valence-corrected chi connectivity index (χ4v) is 0.807. The highest BCUT2D eigenvalue weighted by Crippen LogP contribution is 2.29. The molecule has 0 atom stereocenters. The summed E-state index contributed by atoms with van der Waals surface area (Å²) < 4.78 is 34.5. The molecule has 0 rings (SSSR count). The molecule has 0 spiro atoms. The van der Waals surface area contributed by atoms with E-state index >= 15 is 0 Å². The second-order valence-electron chi connectivity index (χ2n) is 1.87. The number of nitrogens with two attached hydrogens (primary N) is 1. The lowest BCUT2D eigenvalue weighted by atomic mass is 10.6. The van der Waals surface area contributed by atoms with Gasteiger partial charge in [0.25, 0.3) is 0 Å². The maximum absolute atomic E-state index is 11.5. The normalized spacial score (nSPS) is 11.3. The standard InChI is InChI=1S/C5H9F3N2OS/c6-5(7,8)12-3-4(11)10-2-1-9/h1-3,9H2,(H,10,11). The van der Waals surface area contributed by atoms with E-state index < -0.39 is 17.2 Å². The number of hydrogen-bond donors (Lipinski definition) is 2. The van der Waals surface area contributed by atoms with E-state index in [1.807, 2.05) is 0 Å². The van der Waals surface area contributed by atoms with E-state index in [1.54, 1.807) is 0 Å². The molecule has 0 heterocycles. The molecule has 0 unspecified atom stereocenters. The van der Waals surface area contributed by atoms with Crippen LogP contribution in [-0.4, -0.2) is 30.3 Å². The Kier molecular flexibility index (Phi) is 5.07. The summed E-state index contributed by atoms with van der Waals surface area (Å²) in [7, 11) is 0. The topological polar surface area (TPSA) is 55.1 Å². The maximum Gasteiger partial charge on any atom is 0.442 e. The minimum absolute atomic E-state index is 0.206. The lowest BCUT2D eigenvalue weighted by Gasteiger charge is -2.05. The van der Waals surface area contributed by atoms with E-state index in [0.29, 0.717) is 0 Å². The molecular formula is C5H9F3N2OS. The summed E-state index contributed by atoms with van der Waals surface area (Å²) in [6.45, 7) is 0.430. The molecule has 7 heteroatoms. The molecular weight excluding hydrogens is 193 g/mol. The fourth-order valence-electron chi connectivity index (χ4n) is 0.410. The smallest absolute Gasteiger partial charge is 0.354 e. The van der Waals surface area contributed by atoms with Crippen LogP contribution in [0.2, 0.25) is 0 Å². The van der Waals surface area contributed by atoms with Gasteiger partial charge in [-0.3, -0.25) is 4.79 Å². The van der Waals surface area contributed by atoms with Crippen molar-refractivity contribution in [1.29, 1.82) is 0 Å². The quantitative estimate of drug-likeness (QED) is 0.690. The Hall–Kier alpha value is -0.430. The first-order valence-corrected chi connectivity index (χ1v) is 4.11. The molecule has 0 aromatic rings. The van der Waals surface area contributed by atoms with Crippen LogP contribution < -0.4 is 11.1 Å². The molecule has 0 bridgehead atoms. The van der Waals surface area contributed by atoms with Gasteiger partial charge in [0, 0.05) is 13.1 Å². The Morgan fingerprint density at radius 3 is 2.50 bits per heavy atom. The number of thioether (sulfide) groups is 1. The van der Waals surface area contributed by atoms with Crippen molar-refractivity contribution in [1.82, 2.24) is 5.32 Å². The Morgan fingerprint density at radius 1 is 1.50 bits per heavy atom. The van der Waals surface area contributed by atoms with Crippen LogP contribution in [0.5, 0.6) is 0 Å². The van der Waals surface area contributed by atoms with Gasteiger partial charge < -0.3 is 11.1 Å². The Morgan fingerprint density at radius 2 is 2.08 bits per heavy atom. The zero-order valence-electron chi connectivity index (χ0n) is 6.15. The average Bonchev–Trinajstić information content (AvgIpc) is 1.95. The van der Waals surface area contributed by atoms with Crippen LogP contribution >= 0.6 is 11.8 Å². The molecule has 0 aliphatic carbocycles. The molecule has 0 aromatic carbocycles. The van der Waals surface area contributed by atoms with E-state index in [4.69, 9.17) is 5.73 Å². The van der Waals surface area contributed by atoms with Crippen molar-refractivity contribution < 1.29 is 18.0 Å². The summed E-state index contributed by atoms with van der Waals surface area (Å²) in [5.74, 6) is -1.26. The van der Waals surface area contributed by atoms with Crippen LogP contribution in [0.25, 0.3) is 0 Å².